The number of fused-ring (bicyclic) bond motifs is 1. The van der Waals surface area contributed by atoms with Gasteiger partial charge in [0.05, 0.1) is 0 Å². The van der Waals surface area contributed by atoms with Gasteiger partial charge in [0, 0.05) is 12.6 Å². The van der Waals surface area contributed by atoms with E-state index >= 15 is 0 Å². The minimum Gasteiger partial charge on any atom is -0.508 e. The van der Waals surface area contributed by atoms with Crippen molar-refractivity contribution in [3.63, 3.8) is 0 Å². The second kappa shape index (κ2) is 4.82. The van der Waals surface area contributed by atoms with E-state index in [-0.39, 0.29) is 0 Å². The Hall–Kier alpha value is -1.02. The number of phenolic OH excluding ortho intramolecular Hbond substituents is 1. The summed E-state index contributed by atoms with van der Waals surface area (Å²) in [5, 5.41) is 9.59. The molecule has 1 fully saturated rings. The summed E-state index contributed by atoms with van der Waals surface area (Å²) in [6.07, 6.45) is 6.30. The molecule has 1 aromatic rings. The number of nitrogens with zero attached hydrogens (tertiary/aromatic N) is 1. The molecule has 1 aliphatic carbocycles. The molecule has 1 atom stereocenters. The van der Waals surface area contributed by atoms with Gasteiger partial charge in [-0.15, -0.1) is 0 Å². The van der Waals surface area contributed by atoms with Crippen molar-refractivity contribution in [2.75, 3.05) is 13.1 Å². The van der Waals surface area contributed by atoms with E-state index in [1.807, 2.05) is 12.1 Å². The van der Waals surface area contributed by atoms with Gasteiger partial charge in [0.15, 0.2) is 0 Å². The van der Waals surface area contributed by atoms with Crippen molar-refractivity contribution < 1.29 is 5.11 Å². The van der Waals surface area contributed by atoms with Crippen molar-refractivity contribution >= 4 is 0 Å². The maximum absolute atomic E-state index is 9.59. The molecular weight excluding hydrogens is 234 g/mol. The van der Waals surface area contributed by atoms with E-state index in [1.54, 1.807) is 0 Å². The SMILES string of the molecule is CCC1(CC)CCN(C2CCc3cc(O)ccc32)C1. The summed E-state index contributed by atoms with van der Waals surface area (Å²) < 4.78 is 0. The van der Waals surface area contributed by atoms with Crippen LogP contribution in [0.1, 0.15) is 56.7 Å². The van der Waals surface area contributed by atoms with E-state index in [4.69, 9.17) is 0 Å². The van der Waals surface area contributed by atoms with Crippen LogP contribution in [0.4, 0.5) is 0 Å². The fraction of sp³-hybridized carbons (Fsp3) is 0.647. The molecule has 1 aliphatic heterocycles. The third-order valence-electron chi connectivity index (χ3n) is 5.58. The fourth-order valence-corrected chi connectivity index (χ4v) is 4.02. The number of hydrogen-bond donors (Lipinski definition) is 1. The molecule has 2 heteroatoms. The topological polar surface area (TPSA) is 23.5 Å². The highest BCUT2D eigenvalue weighted by Gasteiger charge is 2.39. The van der Waals surface area contributed by atoms with Gasteiger partial charge in [0.1, 0.15) is 5.75 Å². The van der Waals surface area contributed by atoms with Crippen LogP contribution in [0.5, 0.6) is 5.75 Å². The molecule has 3 rings (SSSR count). The Kier molecular flexibility index (Phi) is 3.30. The Bertz CT molecular complexity index is 464. The van der Waals surface area contributed by atoms with Gasteiger partial charge in [0.2, 0.25) is 0 Å². The van der Waals surface area contributed by atoms with Gasteiger partial charge in [-0.05, 0) is 67.3 Å². The summed E-state index contributed by atoms with van der Waals surface area (Å²) in [6, 6.07) is 6.54. The first-order valence-corrected chi connectivity index (χ1v) is 7.73. The Balaban J connectivity index is 1.80. The second-order valence-corrected chi connectivity index (χ2v) is 6.37. The average Bonchev–Trinajstić information content (AvgIpc) is 3.02. The first-order chi connectivity index (χ1) is 9.17. The van der Waals surface area contributed by atoms with Crippen LogP contribution in [0, 0.1) is 5.41 Å². The molecule has 1 N–H and O–H groups in total. The van der Waals surface area contributed by atoms with E-state index < -0.39 is 0 Å². The maximum Gasteiger partial charge on any atom is 0.115 e. The van der Waals surface area contributed by atoms with Crippen molar-refractivity contribution in [3.8, 4) is 5.75 Å². The van der Waals surface area contributed by atoms with Crippen molar-refractivity contribution in [2.24, 2.45) is 5.41 Å². The molecule has 2 nitrogen and oxygen atoms in total. The summed E-state index contributed by atoms with van der Waals surface area (Å²) >= 11 is 0. The van der Waals surface area contributed by atoms with Crippen molar-refractivity contribution in [1.82, 2.24) is 4.90 Å². The molecule has 0 saturated carbocycles. The lowest BCUT2D eigenvalue weighted by Crippen LogP contribution is -2.29. The molecule has 1 aromatic carbocycles. The number of aromatic hydroxyl groups is 1. The molecule has 0 aromatic heterocycles. The Labute approximate surface area is 116 Å². The van der Waals surface area contributed by atoms with Crippen LogP contribution in [-0.2, 0) is 6.42 Å². The summed E-state index contributed by atoms with van der Waals surface area (Å²) in [5.74, 6) is 0.414. The maximum atomic E-state index is 9.59. The predicted octanol–water partition coefficient (Wildman–Crippen LogP) is 3.89. The minimum absolute atomic E-state index is 0.414. The predicted molar refractivity (Wildman–Crippen MR) is 78.4 cm³/mol. The van der Waals surface area contributed by atoms with Crippen LogP contribution in [0.3, 0.4) is 0 Å². The number of likely N-dealkylation sites (tertiary alicyclic amines) is 1. The molecule has 0 bridgehead atoms. The molecule has 19 heavy (non-hydrogen) atoms. The highest BCUT2D eigenvalue weighted by Crippen LogP contribution is 2.44. The van der Waals surface area contributed by atoms with Gasteiger partial charge in [-0.1, -0.05) is 19.9 Å². The molecule has 0 amide bonds. The highest BCUT2D eigenvalue weighted by atomic mass is 16.3. The van der Waals surface area contributed by atoms with E-state index in [2.05, 4.69) is 24.8 Å². The molecule has 1 unspecified atom stereocenters. The van der Waals surface area contributed by atoms with Crippen LogP contribution >= 0.6 is 0 Å². The van der Waals surface area contributed by atoms with Gasteiger partial charge in [-0.3, -0.25) is 4.90 Å². The van der Waals surface area contributed by atoms with Gasteiger partial charge in [-0.2, -0.15) is 0 Å². The highest BCUT2D eigenvalue weighted by molar-refractivity contribution is 5.40. The fourth-order valence-electron chi connectivity index (χ4n) is 4.02. The van der Waals surface area contributed by atoms with E-state index in [0.29, 0.717) is 17.2 Å². The Morgan fingerprint density at radius 1 is 1.32 bits per heavy atom. The zero-order valence-corrected chi connectivity index (χ0v) is 12.2. The number of rotatable bonds is 3. The molecule has 0 spiro atoms. The number of aryl methyl sites for hydroxylation is 1. The van der Waals surface area contributed by atoms with E-state index in [1.165, 1.54) is 49.9 Å². The third-order valence-corrected chi connectivity index (χ3v) is 5.58. The van der Waals surface area contributed by atoms with E-state index in [0.717, 1.165) is 6.42 Å². The lowest BCUT2D eigenvalue weighted by molar-refractivity contribution is 0.194. The van der Waals surface area contributed by atoms with Crippen LogP contribution in [0.15, 0.2) is 18.2 Å². The second-order valence-electron chi connectivity index (χ2n) is 6.37. The van der Waals surface area contributed by atoms with Crippen molar-refractivity contribution in [3.05, 3.63) is 29.3 Å². The first-order valence-electron chi connectivity index (χ1n) is 7.73. The molecular formula is C17H25NO. The van der Waals surface area contributed by atoms with E-state index in [9.17, 15) is 5.11 Å². The van der Waals surface area contributed by atoms with Gasteiger partial charge >= 0.3 is 0 Å². The smallest absolute Gasteiger partial charge is 0.115 e. The van der Waals surface area contributed by atoms with Gasteiger partial charge < -0.3 is 5.11 Å². The third kappa shape index (κ3) is 2.16. The largest absolute Gasteiger partial charge is 0.508 e. The number of phenols is 1. The first kappa shape index (κ1) is 13.0. The summed E-state index contributed by atoms with van der Waals surface area (Å²) in [4.78, 5) is 2.69. The number of hydrogen-bond acceptors (Lipinski definition) is 2. The van der Waals surface area contributed by atoms with Crippen LogP contribution in [0.2, 0.25) is 0 Å². The molecule has 1 saturated heterocycles. The quantitative estimate of drug-likeness (QED) is 0.890. The van der Waals surface area contributed by atoms with Gasteiger partial charge in [0.25, 0.3) is 0 Å². The Morgan fingerprint density at radius 2 is 2.11 bits per heavy atom. The molecule has 104 valence electrons. The standard InChI is InChI=1S/C17H25NO/c1-3-17(4-2)9-10-18(12-17)16-8-5-13-11-14(19)6-7-15(13)16/h6-7,11,16,19H,3-5,8-10,12H2,1-2H3. The summed E-state index contributed by atoms with van der Waals surface area (Å²) in [5.41, 5.74) is 3.37. The number of benzene rings is 1. The Morgan fingerprint density at radius 3 is 2.79 bits per heavy atom. The van der Waals surface area contributed by atoms with Crippen LogP contribution in [0.25, 0.3) is 0 Å². The molecule has 2 aliphatic rings. The zero-order chi connectivity index (χ0) is 13.5. The minimum atomic E-state index is 0.414. The van der Waals surface area contributed by atoms with Gasteiger partial charge in [-0.25, -0.2) is 0 Å². The van der Waals surface area contributed by atoms with Crippen molar-refractivity contribution in [1.29, 1.82) is 0 Å². The molecule has 1 heterocycles. The van der Waals surface area contributed by atoms with Crippen LogP contribution < -0.4 is 0 Å². The van der Waals surface area contributed by atoms with Crippen LogP contribution in [-0.4, -0.2) is 23.1 Å². The molecule has 0 radical (unpaired) electrons. The lowest BCUT2D eigenvalue weighted by atomic mass is 9.82. The average molecular weight is 259 g/mol. The lowest BCUT2D eigenvalue weighted by Gasteiger charge is -2.29. The zero-order valence-electron chi connectivity index (χ0n) is 12.2. The summed E-state index contributed by atoms with van der Waals surface area (Å²) in [6.45, 7) is 7.18. The van der Waals surface area contributed by atoms with Crippen molar-refractivity contribution in [2.45, 2.75) is 52.0 Å². The normalized spacial score (nSPS) is 25.7. The monoisotopic (exact) mass is 259 g/mol. The summed E-state index contributed by atoms with van der Waals surface area (Å²) in [7, 11) is 0.